The second kappa shape index (κ2) is 9.42. The number of ether oxygens (including phenoxy) is 2. The van der Waals surface area contributed by atoms with Gasteiger partial charge in [0.05, 0.1) is 25.6 Å². The minimum absolute atomic E-state index is 0.190. The van der Waals surface area contributed by atoms with Gasteiger partial charge in [-0.3, -0.25) is 4.79 Å². The van der Waals surface area contributed by atoms with Crippen LogP contribution in [0.5, 0.6) is 11.5 Å². The molecule has 0 saturated carbocycles. The van der Waals surface area contributed by atoms with Crippen molar-refractivity contribution >= 4 is 17.5 Å². The van der Waals surface area contributed by atoms with Gasteiger partial charge in [-0.1, -0.05) is 18.2 Å². The Morgan fingerprint density at radius 1 is 0.938 bits per heavy atom. The first kappa shape index (κ1) is 21.2. The van der Waals surface area contributed by atoms with E-state index in [4.69, 9.17) is 9.47 Å². The van der Waals surface area contributed by atoms with Gasteiger partial charge in [-0.25, -0.2) is 4.79 Å². The molecule has 2 amide bonds. The van der Waals surface area contributed by atoms with E-state index in [-0.39, 0.29) is 11.6 Å². The largest absolute Gasteiger partial charge is 0.497 e. The predicted octanol–water partition coefficient (Wildman–Crippen LogP) is 2.60. The van der Waals surface area contributed by atoms with Crippen LogP contribution in [0, 0.1) is 0 Å². The maximum absolute atomic E-state index is 12.8. The molecule has 0 aliphatic carbocycles. The molecule has 9 nitrogen and oxygen atoms in total. The van der Waals surface area contributed by atoms with Gasteiger partial charge in [0, 0.05) is 38.3 Å². The van der Waals surface area contributed by atoms with Crippen LogP contribution in [-0.4, -0.2) is 61.1 Å². The number of hydrogen-bond acceptors (Lipinski definition) is 6. The Bertz CT molecular complexity index is 1140. The van der Waals surface area contributed by atoms with Crippen molar-refractivity contribution in [3.63, 3.8) is 0 Å². The molecule has 3 aromatic rings. The number of piperazine rings is 1. The Hall–Kier alpha value is -4.01. The minimum atomic E-state index is -0.210. The van der Waals surface area contributed by atoms with E-state index in [0.717, 1.165) is 0 Å². The lowest BCUT2D eigenvalue weighted by Gasteiger charge is -2.35. The molecule has 0 spiro atoms. The summed E-state index contributed by atoms with van der Waals surface area (Å²) in [6.45, 7) is 2.24. The number of carbonyl (C=O) groups is 1. The maximum atomic E-state index is 12.8. The molecule has 0 bridgehead atoms. The van der Waals surface area contributed by atoms with Crippen LogP contribution in [0.15, 0.2) is 65.5 Å². The molecule has 1 fully saturated rings. The van der Waals surface area contributed by atoms with Gasteiger partial charge in [-0.15, -0.1) is 5.10 Å². The van der Waals surface area contributed by atoms with Crippen LogP contribution in [0.1, 0.15) is 0 Å². The summed E-state index contributed by atoms with van der Waals surface area (Å²) in [4.78, 5) is 28.9. The van der Waals surface area contributed by atoms with E-state index in [1.54, 1.807) is 43.4 Å². The topological polar surface area (TPSA) is 88.9 Å². The van der Waals surface area contributed by atoms with Crippen molar-refractivity contribution in [1.29, 1.82) is 0 Å². The molecule has 1 aromatic heterocycles. The summed E-state index contributed by atoms with van der Waals surface area (Å²) in [6, 6.07) is 17.6. The molecule has 0 atom stereocenters. The van der Waals surface area contributed by atoms with Crippen molar-refractivity contribution in [3.05, 3.63) is 71.0 Å². The number of hydrogen-bond donors (Lipinski definition) is 1. The molecule has 1 aliphatic rings. The normalized spacial score (nSPS) is 13.6. The third-order valence-electron chi connectivity index (χ3n) is 5.33. The first-order chi connectivity index (χ1) is 15.6. The van der Waals surface area contributed by atoms with E-state index in [2.05, 4.69) is 15.3 Å². The number of methoxy groups -OCH3 is 2. The van der Waals surface area contributed by atoms with Crippen LogP contribution in [-0.2, 0) is 0 Å². The Kier molecular flexibility index (Phi) is 6.25. The fourth-order valence-electron chi connectivity index (χ4n) is 3.57. The summed E-state index contributed by atoms with van der Waals surface area (Å²) in [5.41, 5.74) is 1.07. The first-order valence-corrected chi connectivity index (χ1v) is 10.3. The molecular weight excluding hydrogens is 410 g/mol. The number of urea groups is 1. The number of amides is 2. The van der Waals surface area contributed by atoms with Crippen molar-refractivity contribution in [2.75, 3.05) is 50.6 Å². The van der Waals surface area contributed by atoms with Crippen LogP contribution >= 0.6 is 0 Å². The van der Waals surface area contributed by atoms with E-state index in [1.807, 2.05) is 30.3 Å². The van der Waals surface area contributed by atoms with Crippen LogP contribution in [0.4, 0.5) is 16.3 Å². The van der Waals surface area contributed by atoms with E-state index in [9.17, 15) is 9.59 Å². The van der Waals surface area contributed by atoms with Crippen LogP contribution in [0.2, 0.25) is 0 Å². The Labute approximate surface area is 185 Å². The highest BCUT2D eigenvalue weighted by atomic mass is 16.5. The second-order valence-electron chi connectivity index (χ2n) is 7.25. The van der Waals surface area contributed by atoms with Crippen molar-refractivity contribution in [2.24, 2.45) is 0 Å². The van der Waals surface area contributed by atoms with Gasteiger partial charge in [0.25, 0.3) is 5.56 Å². The number of para-hydroxylation sites is 1. The van der Waals surface area contributed by atoms with E-state index in [0.29, 0.717) is 54.9 Å². The third kappa shape index (κ3) is 4.51. The SMILES string of the molecule is COc1ccc(OC)c(NC(=O)N2CCN(c3ccc(=O)n(-c4ccccc4)n3)CC2)c1. The highest BCUT2D eigenvalue weighted by molar-refractivity contribution is 5.91. The number of nitrogens with one attached hydrogen (secondary N) is 1. The molecule has 1 aliphatic heterocycles. The third-order valence-corrected chi connectivity index (χ3v) is 5.33. The smallest absolute Gasteiger partial charge is 0.322 e. The molecule has 9 heteroatoms. The Morgan fingerprint density at radius 3 is 2.38 bits per heavy atom. The number of anilines is 2. The minimum Gasteiger partial charge on any atom is -0.497 e. The lowest BCUT2D eigenvalue weighted by molar-refractivity contribution is 0.208. The molecule has 1 saturated heterocycles. The van der Waals surface area contributed by atoms with Crippen LogP contribution < -0.4 is 25.2 Å². The monoisotopic (exact) mass is 435 g/mol. The average Bonchev–Trinajstić information content (AvgIpc) is 2.85. The summed E-state index contributed by atoms with van der Waals surface area (Å²) in [5.74, 6) is 1.89. The molecule has 2 aromatic carbocycles. The highest BCUT2D eigenvalue weighted by Gasteiger charge is 2.23. The van der Waals surface area contributed by atoms with Gasteiger partial charge in [-0.05, 0) is 30.3 Å². The molecule has 1 N–H and O–H groups in total. The van der Waals surface area contributed by atoms with Gasteiger partial charge >= 0.3 is 6.03 Å². The zero-order valence-corrected chi connectivity index (χ0v) is 18.0. The van der Waals surface area contributed by atoms with Crippen molar-refractivity contribution in [2.45, 2.75) is 0 Å². The van der Waals surface area contributed by atoms with Crippen molar-refractivity contribution in [3.8, 4) is 17.2 Å². The number of rotatable bonds is 5. The Balaban J connectivity index is 1.43. The summed E-state index contributed by atoms with van der Waals surface area (Å²) in [6.07, 6.45) is 0. The zero-order chi connectivity index (χ0) is 22.5. The molecule has 4 rings (SSSR count). The number of nitrogens with zero attached hydrogens (tertiary/aromatic N) is 4. The quantitative estimate of drug-likeness (QED) is 0.663. The fourth-order valence-corrected chi connectivity index (χ4v) is 3.57. The summed E-state index contributed by atoms with van der Waals surface area (Å²) < 4.78 is 12.0. The first-order valence-electron chi connectivity index (χ1n) is 10.3. The lowest BCUT2D eigenvalue weighted by Crippen LogP contribution is -2.50. The fraction of sp³-hybridized carbons (Fsp3) is 0.261. The summed E-state index contributed by atoms with van der Waals surface area (Å²) >= 11 is 0. The van der Waals surface area contributed by atoms with Gasteiger partial charge in [0.2, 0.25) is 0 Å². The van der Waals surface area contributed by atoms with Gasteiger partial charge < -0.3 is 24.6 Å². The number of aromatic nitrogens is 2. The highest BCUT2D eigenvalue weighted by Crippen LogP contribution is 2.29. The maximum Gasteiger partial charge on any atom is 0.322 e. The molecule has 0 unspecified atom stereocenters. The predicted molar refractivity (Wildman–Crippen MR) is 122 cm³/mol. The average molecular weight is 435 g/mol. The number of benzene rings is 2. The molecular formula is C23H25N5O4. The summed E-state index contributed by atoms with van der Waals surface area (Å²) in [7, 11) is 3.12. The van der Waals surface area contributed by atoms with Crippen molar-refractivity contribution in [1.82, 2.24) is 14.7 Å². The van der Waals surface area contributed by atoms with E-state index >= 15 is 0 Å². The Morgan fingerprint density at radius 2 is 1.69 bits per heavy atom. The van der Waals surface area contributed by atoms with Gasteiger partial charge in [-0.2, -0.15) is 4.68 Å². The molecule has 166 valence electrons. The van der Waals surface area contributed by atoms with Crippen LogP contribution in [0.25, 0.3) is 5.69 Å². The molecule has 0 radical (unpaired) electrons. The summed E-state index contributed by atoms with van der Waals surface area (Å²) in [5, 5.41) is 7.43. The zero-order valence-electron chi connectivity index (χ0n) is 18.0. The van der Waals surface area contributed by atoms with E-state index in [1.165, 1.54) is 10.7 Å². The van der Waals surface area contributed by atoms with Gasteiger partial charge in [0.15, 0.2) is 0 Å². The standard InChI is InChI=1S/C23H25N5O4/c1-31-18-8-9-20(32-2)19(16-18)24-23(30)27-14-12-26(13-15-27)21-10-11-22(29)28(25-21)17-6-4-3-5-7-17/h3-11,16H,12-15H2,1-2H3,(H,24,30). The van der Waals surface area contributed by atoms with Crippen LogP contribution in [0.3, 0.4) is 0 Å². The van der Waals surface area contributed by atoms with Crippen molar-refractivity contribution < 1.29 is 14.3 Å². The molecule has 32 heavy (non-hydrogen) atoms. The van der Waals surface area contributed by atoms with Gasteiger partial charge in [0.1, 0.15) is 17.3 Å². The lowest BCUT2D eigenvalue weighted by atomic mass is 10.2. The van der Waals surface area contributed by atoms with E-state index < -0.39 is 0 Å². The second-order valence-corrected chi connectivity index (χ2v) is 7.25. The molecule has 2 heterocycles. The number of carbonyl (C=O) groups excluding carboxylic acids is 1.